The topological polar surface area (TPSA) is 79.2 Å². The van der Waals surface area contributed by atoms with Crippen LogP contribution in [0.3, 0.4) is 0 Å². The fourth-order valence-electron chi connectivity index (χ4n) is 2.13. The van der Waals surface area contributed by atoms with Crippen LogP contribution < -0.4 is 10.1 Å². The van der Waals surface area contributed by atoms with E-state index in [1.807, 2.05) is 6.07 Å². The lowest BCUT2D eigenvalue weighted by molar-refractivity contribution is -0.118. The van der Waals surface area contributed by atoms with Gasteiger partial charge in [-0.2, -0.15) is 5.26 Å². The van der Waals surface area contributed by atoms with Crippen LogP contribution in [-0.4, -0.2) is 18.8 Å². The van der Waals surface area contributed by atoms with Crippen molar-refractivity contribution < 1.29 is 14.3 Å². The molecule has 0 spiro atoms. The second-order valence-corrected chi connectivity index (χ2v) is 5.01. The highest BCUT2D eigenvalue weighted by atomic mass is 16.5. The summed E-state index contributed by atoms with van der Waals surface area (Å²) in [5.41, 5.74) is 1.53. The van der Waals surface area contributed by atoms with Gasteiger partial charge in [-0.05, 0) is 42.8 Å². The molecule has 0 atom stereocenters. The van der Waals surface area contributed by atoms with Gasteiger partial charge in [-0.15, -0.1) is 0 Å². The Hall–Kier alpha value is -3.39. The van der Waals surface area contributed by atoms with E-state index in [2.05, 4.69) is 5.32 Å². The van der Waals surface area contributed by atoms with E-state index >= 15 is 0 Å². The minimum absolute atomic E-state index is 0.00371. The zero-order chi connectivity index (χ0) is 17.5. The maximum absolute atomic E-state index is 12.5. The lowest BCUT2D eigenvalue weighted by atomic mass is 10.1. The highest BCUT2D eigenvalue weighted by Crippen LogP contribution is 2.24. The van der Waals surface area contributed by atoms with Crippen molar-refractivity contribution in [2.24, 2.45) is 0 Å². The molecule has 0 aromatic heterocycles. The molecule has 0 aliphatic heterocycles. The molecule has 0 aliphatic carbocycles. The third-order valence-corrected chi connectivity index (χ3v) is 3.31. The van der Waals surface area contributed by atoms with E-state index in [1.165, 1.54) is 20.1 Å². The summed E-state index contributed by atoms with van der Waals surface area (Å²) in [6.45, 7) is 1.32. The Balaban J connectivity index is 2.33. The molecular weight excluding hydrogens is 304 g/mol. The van der Waals surface area contributed by atoms with Crippen molar-refractivity contribution in [3.05, 3.63) is 65.2 Å². The van der Waals surface area contributed by atoms with Crippen molar-refractivity contribution in [3.8, 4) is 11.8 Å². The Morgan fingerprint density at radius 3 is 2.58 bits per heavy atom. The minimum Gasteiger partial charge on any atom is -0.495 e. The molecule has 0 aliphatic rings. The standard InChI is InChI=1S/C19H16N2O3/c1-13(22)16(11-14-6-5-7-15(10-14)12-20)19(23)21-17-8-3-4-9-18(17)24-2/h3-11H,1-2H3,(H,21,23)/b16-11-. The average molecular weight is 320 g/mol. The van der Waals surface area contributed by atoms with Crippen molar-refractivity contribution in [1.29, 1.82) is 5.26 Å². The van der Waals surface area contributed by atoms with Gasteiger partial charge in [0.2, 0.25) is 0 Å². The van der Waals surface area contributed by atoms with Gasteiger partial charge >= 0.3 is 0 Å². The van der Waals surface area contributed by atoms with E-state index in [0.29, 0.717) is 22.6 Å². The second-order valence-electron chi connectivity index (χ2n) is 5.01. The Kier molecular flexibility index (Phi) is 5.48. The van der Waals surface area contributed by atoms with Crippen LogP contribution in [0.15, 0.2) is 54.1 Å². The number of ether oxygens (including phenoxy) is 1. The minimum atomic E-state index is -0.533. The Morgan fingerprint density at radius 1 is 1.17 bits per heavy atom. The van der Waals surface area contributed by atoms with E-state index in [0.717, 1.165) is 0 Å². The van der Waals surface area contributed by atoms with Gasteiger partial charge in [-0.25, -0.2) is 0 Å². The van der Waals surface area contributed by atoms with Gasteiger partial charge in [-0.1, -0.05) is 24.3 Å². The number of carbonyl (C=O) groups excluding carboxylic acids is 2. The number of nitrogens with one attached hydrogen (secondary N) is 1. The summed E-state index contributed by atoms with van der Waals surface area (Å²) in [5.74, 6) is -0.403. The first kappa shape index (κ1) is 17.0. The summed E-state index contributed by atoms with van der Waals surface area (Å²) in [4.78, 5) is 24.3. The van der Waals surface area contributed by atoms with Crippen LogP contribution in [0, 0.1) is 11.3 Å². The van der Waals surface area contributed by atoms with Crippen molar-refractivity contribution in [3.63, 3.8) is 0 Å². The van der Waals surface area contributed by atoms with Crippen LogP contribution in [0.25, 0.3) is 6.08 Å². The number of Topliss-reactive ketones (excluding diaryl/α,β-unsaturated/α-hetero) is 1. The van der Waals surface area contributed by atoms with E-state index in [9.17, 15) is 9.59 Å². The third kappa shape index (κ3) is 4.08. The molecule has 5 nitrogen and oxygen atoms in total. The molecule has 2 rings (SSSR count). The second kappa shape index (κ2) is 7.75. The maximum atomic E-state index is 12.5. The van der Waals surface area contributed by atoms with Crippen LogP contribution in [-0.2, 0) is 9.59 Å². The predicted octanol–water partition coefficient (Wildman–Crippen LogP) is 3.18. The number of hydrogen-bond acceptors (Lipinski definition) is 4. The molecule has 0 bridgehead atoms. The van der Waals surface area contributed by atoms with E-state index < -0.39 is 5.91 Å². The number of para-hydroxylation sites is 2. The highest BCUT2D eigenvalue weighted by Gasteiger charge is 2.16. The molecule has 2 aromatic rings. The number of rotatable bonds is 5. The molecule has 120 valence electrons. The molecule has 0 fully saturated rings. The lowest BCUT2D eigenvalue weighted by Gasteiger charge is -2.10. The number of ketones is 1. The molecule has 0 saturated carbocycles. The fourth-order valence-corrected chi connectivity index (χ4v) is 2.13. The normalized spacial score (nSPS) is 10.6. The first-order valence-electron chi connectivity index (χ1n) is 7.22. The molecule has 24 heavy (non-hydrogen) atoms. The van der Waals surface area contributed by atoms with Crippen LogP contribution in [0.4, 0.5) is 5.69 Å². The SMILES string of the molecule is COc1ccccc1NC(=O)/C(=C\c1cccc(C#N)c1)C(C)=O. The molecule has 5 heteroatoms. The maximum Gasteiger partial charge on any atom is 0.259 e. The summed E-state index contributed by atoms with van der Waals surface area (Å²) in [6.07, 6.45) is 1.47. The molecule has 2 aromatic carbocycles. The summed E-state index contributed by atoms with van der Waals surface area (Å²) in [5, 5.41) is 11.6. The molecule has 0 radical (unpaired) electrons. The van der Waals surface area contributed by atoms with Crippen molar-refractivity contribution >= 4 is 23.5 Å². The monoisotopic (exact) mass is 320 g/mol. The number of nitrogens with zero attached hydrogens (tertiary/aromatic N) is 1. The van der Waals surface area contributed by atoms with Crippen molar-refractivity contribution in [2.75, 3.05) is 12.4 Å². The number of benzene rings is 2. The first-order valence-corrected chi connectivity index (χ1v) is 7.22. The van der Waals surface area contributed by atoms with Crippen LogP contribution in [0.1, 0.15) is 18.1 Å². The molecular formula is C19H16N2O3. The number of anilines is 1. The Morgan fingerprint density at radius 2 is 1.92 bits per heavy atom. The lowest BCUT2D eigenvalue weighted by Crippen LogP contribution is -2.19. The highest BCUT2D eigenvalue weighted by molar-refractivity contribution is 6.25. The number of amides is 1. The molecule has 0 unspecified atom stereocenters. The van der Waals surface area contributed by atoms with E-state index in [4.69, 9.17) is 10.00 Å². The average Bonchev–Trinajstić information content (AvgIpc) is 2.60. The molecule has 0 heterocycles. The zero-order valence-corrected chi connectivity index (χ0v) is 13.4. The quantitative estimate of drug-likeness (QED) is 0.521. The van der Waals surface area contributed by atoms with E-state index in [1.54, 1.807) is 48.5 Å². The molecule has 0 saturated heterocycles. The van der Waals surface area contributed by atoms with Gasteiger partial charge in [0.25, 0.3) is 5.91 Å². The fraction of sp³-hybridized carbons (Fsp3) is 0.105. The van der Waals surface area contributed by atoms with Gasteiger partial charge in [0.1, 0.15) is 5.75 Å². The molecule has 1 N–H and O–H groups in total. The van der Waals surface area contributed by atoms with Crippen LogP contribution in [0.2, 0.25) is 0 Å². The predicted molar refractivity (Wildman–Crippen MR) is 91.4 cm³/mol. The van der Waals surface area contributed by atoms with Gasteiger partial charge in [0, 0.05) is 0 Å². The summed E-state index contributed by atoms with van der Waals surface area (Å²) in [6, 6.07) is 15.6. The summed E-state index contributed by atoms with van der Waals surface area (Å²) >= 11 is 0. The van der Waals surface area contributed by atoms with Gasteiger partial charge < -0.3 is 10.1 Å². The third-order valence-electron chi connectivity index (χ3n) is 3.31. The van der Waals surface area contributed by atoms with Crippen LogP contribution >= 0.6 is 0 Å². The summed E-state index contributed by atoms with van der Waals surface area (Å²) in [7, 11) is 1.50. The first-order chi connectivity index (χ1) is 11.5. The zero-order valence-electron chi connectivity index (χ0n) is 13.4. The number of hydrogen-bond donors (Lipinski definition) is 1. The Bertz CT molecular complexity index is 848. The van der Waals surface area contributed by atoms with Crippen LogP contribution in [0.5, 0.6) is 5.75 Å². The number of carbonyl (C=O) groups is 2. The largest absolute Gasteiger partial charge is 0.495 e. The van der Waals surface area contributed by atoms with E-state index in [-0.39, 0.29) is 11.4 Å². The van der Waals surface area contributed by atoms with Crippen molar-refractivity contribution in [1.82, 2.24) is 0 Å². The molecule has 1 amide bonds. The van der Waals surface area contributed by atoms with Gasteiger partial charge in [0.15, 0.2) is 5.78 Å². The Labute approximate surface area is 140 Å². The number of nitriles is 1. The van der Waals surface area contributed by atoms with Gasteiger partial charge in [0.05, 0.1) is 30.0 Å². The van der Waals surface area contributed by atoms with Gasteiger partial charge in [-0.3, -0.25) is 9.59 Å². The number of methoxy groups -OCH3 is 1. The smallest absolute Gasteiger partial charge is 0.259 e. The summed E-state index contributed by atoms with van der Waals surface area (Å²) < 4.78 is 5.18. The van der Waals surface area contributed by atoms with Crippen molar-refractivity contribution in [2.45, 2.75) is 6.92 Å².